The van der Waals surface area contributed by atoms with Crippen LogP contribution in [0, 0.1) is 0 Å². The van der Waals surface area contributed by atoms with Gasteiger partial charge in [-0.15, -0.1) is 0 Å². The molecule has 96 valence electrons. The van der Waals surface area contributed by atoms with E-state index in [-0.39, 0.29) is 0 Å². The van der Waals surface area contributed by atoms with Gasteiger partial charge in [0.2, 0.25) is 0 Å². The Morgan fingerprint density at radius 2 is 2.12 bits per heavy atom. The zero-order chi connectivity index (χ0) is 12.0. The van der Waals surface area contributed by atoms with Crippen molar-refractivity contribution in [3.8, 4) is 0 Å². The van der Waals surface area contributed by atoms with Crippen LogP contribution in [0.2, 0.25) is 0 Å². The first-order chi connectivity index (χ1) is 7.59. The van der Waals surface area contributed by atoms with Gasteiger partial charge in [0.25, 0.3) is 0 Å². The molecule has 16 heavy (non-hydrogen) atoms. The minimum Gasteiger partial charge on any atom is -0.377 e. The molecule has 2 unspecified atom stereocenters. The topological polar surface area (TPSA) is 24.5 Å². The molecule has 0 amide bonds. The third-order valence-electron chi connectivity index (χ3n) is 3.38. The van der Waals surface area contributed by atoms with Gasteiger partial charge in [-0.05, 0) is 39.8 Å². The highest BCUT2D eigenvalue weighted by Gasteiger charge is 2.19. The average Bonchev–Trinajstić information content (AvgIpc) is 2.69. The Labute approximate surface area is 101 Å². The second-order valence-electron chi connectivity index (χ2n) is 5.32. The van der Waals surface area contributed by atoms with Crippen LogP contribution in [0.4, 0.5) is 0 Å². The van der Waals surface area contributed by atoms with Crippen molar-refractivity contribution in [2.24, 2.45) is 0 Å². The summed E-state index contributed by atoms with van der Waals surface area (Å²) in [5.41, 5.74) is 0. The molecular weight excluding hydrogens is 200 g/mol. The maximum atomic E-state index is 5.66. The second kappa shape index (κ2) is 7.25. The predicted octanol–water partition coefficient (Wildman–Crippen LogP) is 1.87. The van der Waals surface area contributed by atoms with Gasteiger partial charge >= 0.3 is 0 Å². The van der Waals surface area contributed by atoms with E-state index in [1.165, 1.54) is 19.3 Å². The summed E-state index contributed by atoms with van der Waals surface area (Å²) in [5.74, 6) is 0. The number of hydrogen-bond donors (Lipinski definition) is 1. The normalized spacial score (nSPS) is 23.2. The molecule has 1 aliphatic rings. The van der Waals surface area contributed by atoms with E-state index < -0.39 is 0 Å². The van der Waals surface area contributed by atoms with Crippen molar-refractivity contribution in [1.82, 2.24) is 10.2 Å². The first-order valence-electron chi connectivity index (χ1n) is 6.65. The quantitative estimate of drug-likeness (QED) is 0.720. The Hall–Kier alpha value is -0.120. The molecule has 0 aromatic carbocycles. The van der Waals surface area contributed by atoms with Crippen LogP contribution in [0.5, 0.6) is 0 Å². The van der Waals surface area contributed by atoms with Gasteiger partial charge in [0, 0.05) is 25.2 Å². The molecule has 2 atom stereocenters. The van der Waals surface area contributed by atoms with Gasteiger partial charge in [0.15, 0.2) is 0 Å². The standard InChI is InChI=1S/C13H28N2O/c1-11(2)14-8-7-12(3)15(4)10-13-6-5-9-16-13/h11-14H,5-10H2,1-4H3. The summed E-state index contributed by atoms with van der Waals surface area (Å²) in [6, 6.07) is 1.23. The van der Waals surface area contributed by atoms with Crippen molar-refractivity contribution in [3.63, 3.8) is 0 Å². The van der Waals surface area contributed by atoms with Crippen LogP contribution < -0.4 is 5.32 Å². The van der Waals surface area contributed by atoms with Crippen LogP contribution in [0.25, 0.3) is 0 Å². The highest BCUT2D eigenvalue weighted by molar-refractivity contribution is 4.73. The van der Waals surface area contributed by atoms with E-state index in [1.54, 1.807) is 0 Å². The van der Waals surface area contributed by atoms with Gasteiger partial charge in [-0.3, -0.25) is 0 Å². The highest BCUT2D eigenvalue weighted by Crippen LogP contribution is 2.14. The first kappa shape index (κ1) is 13.9. The number of likely N-dealkylation sites (N-methyl/N-ethyl adjacent to an activating group) is 1. The summed E-state index contributed by atoms with van der Waals surface area (Å²) in [5, 5.41) is 3.47. The molecule has 1 rings (SSSR count). The number of rotatable bonds is 7. The number of nitrogens with zero attached hydrogens (tertiary/aromatic N) is 1. The summed E-state index contributed by atoms with van der Waals surface area (Å²) >= 11 is 0. The highest BCUT2D eigenvalue weighted by atomic mass is 16.5. The molecule has 0 radical (unpaired) electrons. The third-order valence-corrected chi connectivity index (χ3v) is 3.38. The molecule has 1 N–H and O–H groups in total. The molecule has 0 spiro atoms. The zero-order valence-corrected chi connectivity index (χ0v) is 11.3. The van der Waals surface area contributed by atoms with E-state index in [4.69, 9.17) is 4.74 Å². The van der Waals surface area contributed by atoms with Crippen molar-refractivity contribution in [3.05, 3.63) is 0 Å². The minimum atomic E-state index is 0.477. The van der Waals surface area contributed by atoms with E-state index in [0.29, 0.717) is 18.2 Å². The van der Waals surface area contributed by atoms with Gasteiger partial charge in [0.05, 0.1) is 6.10 Å². The lowest BCUT2D eigenvalue weighted by atomic mass is 10.1. The first-order valence-corrected chi connectivity index (χ1v) is 6.65. The van der Waals surface area contributed by atoms with Crippen molar-refractivity contribution in [1.29, 1.82) is 0 Å². The molecule has 1 saturated heterocycles. The zero-order valence-electron chi connectivity index (χ0n) is 11.3. The van der Waals surface area contributed by atoms with Crippen LogP contribution in [-0.2, 0) is 4.74 Å². The maximum absolute atomic E-state index is 5.66. The van der Waals surface area contributed by atoms with Crippen LogP contribution in [0.3, 0.4) is 0 Å². The van der Waals surface area contributed by atoms with Gasteiger partial charge < -0.3 is 15.0 Å². The lowest BCUT2D eigenvalue weighted by Crippen LogP contribution is -2.38. The lowest BCUT2D eigenvalue weighted by molar-refractivity contribution is 0.0691. The molecule has 0 aromatic heterocycles. The van der Waals surface area contributed by atoms with Gasteiger partial charge in [0.1, 0.15) is 0 Å². The predicted molar refractivity (Wildman–Crippen MR) is 68.8 cm³/mol. The fourth-order valence-corrected chi connectivity index (χ4v) is 2.09. The van der Waals surface area contributed by atoms with Crippen LogP contribution in [0.15, 0.2) is 0 Å². The largest absolute Gasteiger partial charge is 0.377 e. The summed E-state index contributed by atoms with van der Waals surface area (Å²) in [6.45, 7) is 9.85. The number of ether oxygens (including phenoxy) is 1. The molecule has 0 saturated carbocycles. The average molecular weight is 228 g/mol. The molecule has 0 aliphatic carbocycles. The number of hydrogen-bond acceptors (Lipinski definition) is 3. The molecule has 1 heterocycles. The second-order valence-corrected chi connectivity index (χ2v) is 5.32. The summed E-state index contributed by atoms with van der Waals surface area (Å²) in [7, 11) is 2.21. The van der Waals surface area contributed by atoms with E-state index in [2.05, 4.69) is 38.0 Å². The monoisotopic (exact) mass is 228 g/mol. The minimum absolute atomic E-state index is 0.477. The SMILES string of the molecule is CC(C)NCCC(C)N(C)CC1CCCO1. The third kappa shape index (κ3) is 5.28. The summed E-state index contributed by atoms with van der Waals surface area (Å²) < 4.78 is 5.66. The maximum Gasteiger partial charge on any atom is 0.0702 e. The molecule has 1 aliphatic heterocycles. The van der Waals surface area contributed by atoms with E-state index in [1.807, 2.05) is 0 Å². The summed E-state index contributed by atoms with van der Waals surface area (Å²) in [6.07, 6.45) is 4.16. The molecular formula is C13H28N2O. The Kier molecular flexibility index (Phi) is 6.32. The lowest BCUT2D eigenvalue weighted by Gasteiger charge is -2.27. The van der Waals surface area contributed by atoms with Crippen molar-refractivity contribution >= 4 is 0 Å². The van der Waals surface area contributed by atoms with Crippen LogP contribution >= 0.6 is 0 Å². The fraction of sp³-hybridized carbons (Fsp3) is 1.00. The van der Waals surface area contributed by atoms with E-state index in [0.717, 1.165) is 19.7 Å². The Morgan fingerprint density at radius 3 is 2.69 bits per heavy atom. The Bertz CT molecular complexity index is 179. The smallest absolute Gasteiger partial charge is 0.0702 e. The van der Waals surface area contributed by atoms with Crippen LogP contribution in [-0.4, -0.2) is 49.8 Å². The molecule has 3 heteroatoms. The van der Waals surface area contributed by atoms with E-state index >= 15 is 0 Å². The number of nitrogens with one attached hydrogen (secondary N) is 1. The van der Waals surface area contributed by atoms with Crippen molar-refractivity contribution < 1.29 is 4.74 Å². The van der Waals surface area contributed by atoms with Gasteiger partial charge in [-0.2, -0.15) is 0 Å². The molecule has 0 aromatic rings. The van der Waals surface area contributed by atoms with Crippen LogP contribution in [0.1, 0.15) is 40.0 Å². The van der Waals surface area contributed by atoms with Crippen molar-refractivity contribution in [2.75, 3.05) is 26.7 Å². The van der Waals surface area contributed by atoms with Crippen molar-refractivity contribution in [2.45, 2.75) is 58.2 Å². The van der Waals surface area contributed by atoms with Gasteiger partial charge in [-0.1, -0.05) is 13.8 Å². The molecule has 1 fully saturated rings. The van der Waals surface area contributed by atoms with Gasteiger partial charge in [-0.25, -0.2) is 0 Å². The molecule has 0 bridgehead atoms. The summed E-state index contributed by atoms with van der Waals surface area (Å²) in [4.78, 5) is 2.43. The van der Waals surface area contributed by atoms with E-state index in [9.17, 15) is 0 Å². The Morgan fingerprint density at radius 1 is 1.38 bits per heavy atom. The Balaban J connectivity index is 2.11. The molecule has 3 nitrogen and oxygen atoms in total. The fourth-order valence-electron chi connectivity index (χ4n) is 2.09.